The molecule has 30 heavy (non-hydrogen) atoms. The second-order valence-corrected chi connectivity index (χ2v) is 9.63. The highest BCUT2D eigenvalue weighted by Gasteiger charge is 2.35. The normalized spacial score (nSPS) is 17.7. The van der Waals surface area contributed by atoms with E-state index < -0.39 is 0 Å². The van der Waals surface area contributed by atoms with Gasteiger partial charge >= 0.3 is 6.03 Å². The number of carbonyl (C=O) groups excluding carboxylic acids is 1. The van der Waals surface area contributed by atoms with Gasteiger partial charge in [0.05, 0.1) is 18.3 Å². The van der Waals surface area contributed by atoms with E-state index in [1.165, 1.54) is 33.8 Å². The molecule has 5 rings (SSSR count). The summed E-state index contributed by atoms with van der Waals surface area (Å²) in [6.45, 7) is 3.39. The number of aromatic nitrogens is 1. The summed E-state index contributed by atoms with van der Waals surface area (Å²) in [5, 5.41) is 5.11. The number of halogens is 1. The molecule has 1 unspecified atom stereocenters. The fraction of sp³-hybridized carbons (Fsp3) is 0.375. The fourth-order valence-corrected chi connectivity index (χ4v) is 6.25. The van der Waals surface area contributed by atoms with Crippen molar-refractivity contribution >= 4 is 29.0 Å². The van der Waals surface area contributed by atoms with Crippen molar-refractivity contribution in [1.82, 2.24) is 14.8 Å². The number of nitrogens with zero attached hydrogens (tertiary/aromatic N) is 2. The van der Waals surface area contributed by atoms with Gasteiger partial charge in [-0.15, -0.1) is 11.3 Å². The van der Waals surface area contributed by atoms with Crippen LogP contribution in [0.3, 0.4) is 0 Å². The number of fused-ring (bicyclic) bond motifs is 5. The molecule has 2 aromatic heterocycles. The molecule has 6 heteroatoms. The van der Waals surface area contributed by atoms with Crippen LogP contribution in [0, 0.1) is 0 Å². The lowest BCUT2D eigenvalue weighted by atomic mass is 9.95. The molecular weight excluding hydrogens is 414 g/mol. The van der Waals surface area contributed by atoms with E-state index in [2.05, 4.69) is 35.1 Å². The zero-order valence-electron chi connectivity index (χ0n) is 17.2. The average Bonchev–Trinajstić information content (AvgIpc) is 3.35. The van der Waals surface area contributed by atoms with Crippen LogP contribution in [0.15, 0.2) is 42.6 Å². The van der Waals surface area contributed by atoms with Crippen LogP contribution in [0.5, 0.6) is 0 Å². The molecular formula is C24H26ClN3OS. The van der Waals surface area contributed by atoms with Gasteiger partial charge in [0.25, 0.3) is 0 Å². The molecule has 1 aliphatic carbocycles. The highest BCUT2D eigenvalue weighted by atomic mass is 35.5. The Morgan fingerprint density at radius 1 is 1.17 bits per heavy atom. The van der Waals surface area contributed by atoms with Gasteiger partial charge in [-0.25, -0.2) is 4.79 Å². The summed E-state index contributed by atoms with van der Waals surface area (Å²) in [7, 11) is 0. The van der Waals surface area contributed by atoms with Crippen molar-refractivity contribution in [2.24, 2.45) is 0 Å². The third-order valence-electron chi connectivity index (χ3n) is 6.15. The Hall–Kier alpha value is -2.24. The zero-order chi connectivity index (χ0) is 20.7. The standard InChI is InChI=1S/C24H26ClN3OS/c1-2-13-26-24(29)28-15-19-18-6-3-4-8-21(18)30-23(19)27-14-5-7-20(27)22(28)16-9-11-17(25)12-10-16/h5,7,9-12,14,22H,2-4,6,8,13,15H2,1H3,(H,26,29). The molecule has 3 heterocycles. The van der Waals surface area contributed by atoms with Crippen molar-refractivity contribution in [3.63, 3.8) is 0 Å². The van der Waals surface area contributed by atoms with E-state index in [0.29, 0.717) is 18.1 Å². The predicted octanol–water partition coefficient (Wildman–Crippen LogP) is 6.10. The molecule has 2 amide bonds. The Kier molecular flexibility index (Phi) is 5.34. The average molecular weight is 440 g/mol. The second-order valence-electron chi connectivity index (χ2n) is 8.11. The Labute approximate surface area is 186 Å². The van der Waals surface area contributed by atoms with Gasteiger partial charge in [0.1, 0.15) is 5.00 Å². The maximum atomic E-state index is 13.4. The smallest absolute Gasteiger partial charge is 0.318 e. The van der Waals surface area contributed by atoms with E-state index in [0.717, 1.165) is 30.5 Å². The van der Waals surface area contributed by atoms with Gasteiger partial charge in [-0.05, 0) is 67.5 Å². The quantitative estimate of drug-likeness (QED) is 0.526. The van der Waals surface area contributed by atoms with Crippen LogP contribution in [0.4, 0.5) is 4.79 Å². The minimum Gasteiger partial charge on any atom is -0.338 e. The lowest BCUT2D eigenvalue weighted by molar-refractivity contribution is 0.180. The van der Waals surface area contributed by atoms with Gasteiger partial charge in [-0.2, -0.15) is 0 Å². The number of nitrogens with one attached hydrogen (secondary N) is 1. The van der Waals surface area contributed by atoms with E-state index in [9.17, 15) is 4.79 Å². The number of thiophene rings is 1. The number of benzene rings is 1. The molecule has 2 aliphatic rings. The van der Waals surface area contributed by atoms with Crippen LogP contribution >= 0.6 is 22.9 Å². The first-order valence-corrected chi connectivity index (χ1v) is 12.0. The molecule has 0 radical (unpaired) electrons. The first kappa shape index (κ1) is 19.7. The molecule has 0 saturated carbocycles. The summed E-state index contributed by atoms with van der Waals surface area (Å²) in [5.74, 6) is 0. The third-order valence-corrected chi connectivity index (χ3v) is 7.74. The summed E-state index contributed by atoms with van der Waals surface area (Å²) >= 11 is 8.08. The summed E-state index contributed by atoms with van der Waals surface area (Å²) in [5.41, 5.74) is 5.01. The molecule has 0 saturated heterocycles. The molecule has 4 nitrogen and oxygen atoms in total. The number of urea groups is 1. The maximum Gasteiger partial charge on any atom is 0.318 e. The van der Waals surface area contributed by atoms with Crippen molar-refractivity contribution < 1.29 is 4.79 Å². The first-order chi connectivity index (χ1) is 14.7. The Bertz CT molecular complexity index is 1070. The molecule has 3 aromatic rings. The van der Waals surface area contributed by atoms with E-state index in [1.807, 2.05) is 40.5 Å². The van der Waals surface area contributed by atoms with Crippen LogP contribution in [-0.4, -0.2) is 22.0 Å². The minimum atomic E-state index is -0.159. The third kappa shape index (κ3) is 3.34. The molecule has 156 valence electrons. The topological polar surface area (TPSA) is 37.3 Å². The van der Waals surface area contributed by atoms with Crippen LogP contribution in [0.2, 0.25) is 5.02 Å². The molecule has 0 bridgehead atoms. The predicted molar refractivity (Wildman–Crippen MR) is 123 cm³/mol. The molecule has 1 aliphatic heterocycles. The van der Waals surface area contributed by atoms with Gasteiger partial charge in [-0.1, -0.05) is 30.7 Å². The van der Waals surface area contributed by atoms with Gasteiger partial charge in [0, 0.05) is 28.2 Å². The highest BCUT2D eigenvalue weighted by molar-refractivity contribution is 7.15. The van der Waals surface area contributed by atoms with Gasteiger partial charge in [-0.3, -0.25) is 0 Å². The Morgan fingerprint density at radius 2 is 1.97 bits per heavy atom. The number of carbonyl (C=O) groups is 1. The van der Waals surface area contributed by atoms with Crippen molar-refractivity contribution in [3.8, 4) is 5.00 Å². The largest absolute Gasteiger partial charge is 0.338 e. The number of aryl methyl sites for hydroxylation is 1. The summed E-state index contributed by atoms with van der Waals surface area (Å²) in [6.07, 6.45) is 7.84. The number of hydrogen-bond acceptors (Lipinski definition) is 2. The molecule has 1 aromatic carbocycles. The number of rotatable bonds is 3. The monoisotopic (exact) mass is 439 g/mol. The number of hydrogen-bond donors (Lipinski definition) is 1. The summed E-state index contributed by atoms with van der Waals surface area (Å²) in [6, 6.07) is 12.0. The molecule has 1 atom stereocenters. The van der Waals surface area contributed by atoms with Crippen molar-refractivity contribution in [2.45, 2.75) is 51.6 Å². The van der Waals surface area contributed by atoms with E-state index in [-0.39, 0.29) is 12.1 Å². The van der Waals surface area contributed by atoms with E-state index in [1.54, 1.807) is 0 Å². The van der Waals surface area contributed by atoms with Gasteiger partial charge < -0.3 is 14.8 Å². The van der Waals surface area contributed by atoms with Crippen LogP contribution in [0.25, 0.3) is 5.00 Å². The second kappa shape index (κ2) is 8.12. The van der Waals surface area contributed by atoms with E-state index >= 15 is 0 Å². The molecule has 0 fully saturated rings. The number of amides is 2. The lowest BCUT2D eigenvalue weighted by Crippen LogP contribution is -2.42. The van der Waals surface area contributed by atoms with Crippen LogP contribution in [0.1, 0.15) is 59.5 Å². The van der Waals surface area contributed by atoms with Crippen LogP contribution < -0.4 is 5.32 Å². The summed E-state index contributed by atoms with van der Waals surface area (Å²) < 4.78 is 2.31. The zero-order valence-corrected chi connectivity index (χ0v) is 18.7. The Balaban J connectivity index is 1.67. The highest BCUT2D eigenvalue weighted by Crippen LogP contribution is 2.44. The van der Waals surface area contributed by atoms with Crippen molar-refractivity contribution in [2.75, 3.05) is 6.54 Å². The summed E-state index contributed by atoms with van der Waals surface area (Å²) in [4.78, 5) is 16.9. The SMILES string of the molecule is CCCNC(=O)N1Cc2c(sc3c2CCCC3)-n2cccc2C1c1ccc(Cl)cc1. The van der Waals surface area contributed by atoms with E-state index in [4.69, 9.17) is 11.6 Å². The lowest BCUT2D eigenvalue weighted by Gasteiger charge is -2.31. The van der Waals surface area contributed by atoms with Gasteiger partial charge in [0.15, 0.2) is 0 Å². The minimum absolute atomic E-state index is 0.00633. The molecule has 0 spiro atoms. The van der Waals surface area contributed by atoms with Crippen molar-refractivity contribution in [3.05, 3.63) is 74.9 Å². The Morgan fingerprint density at radius 3 is 2.77 bits per heavy atom. The van der Waals surface area contributed by atoms with Gasteiger partial charge in [0.2, 0.25) is 0 Å². The van der Waals surface area contributed by atoms with Crippen molar-refractivity contribution in [1.29, 1.82) is 0 Å². The maximum absolute atomic E-state index is 13.4. The fourth-order valence-electron chi connectivity index (χ4n) is 4.72. The molecule has 1 N–H and O–H groups in total. The first-order valence-electron chi connectivity index (χ1n) is 10.8. The van der Waals surface area contributed by atoms with Crippen LogP contribution in [-0.2, 0) is 19.4 Å².